The standard InChI is InChI=1S/C31H46N2O2S4.C23H35N3O2S5/c1-2-4-29(5-3-1)30-8-6-28(7-9-30)26-31-27-34-16-10-32-12-18-36-22-24-38-20-14-33(11-17-35-31)15-21-39-25-23-37-19-13-32;29-20-24-21-1-2-22-23(19-21)28-10-4-26-7-13-32-17-15-30-11-5-25(3-9-27-22)6-12-31-16-18-33-14-8-26/h1-9,31H,10-27H2;1-2,19H,3-18H2. The fourth-order valence-corrected chi connectivity index (χ4v) is 16.9. The van der Waals surface area contributed by atoms with Crippen LogP contribution in [0.4, 0.5) is 5.69 Å². The number of fused-ring (bicyclic) bond motifs is 39. The molecule has 4 bridgehead atoms. The number of nitrogens with zero attached hydrogens (tertiary/aromatic N) is 5. The molecule has 1 unspecified atom stereocenters. The fourth-order valence-electron chi connectivity index (χ4n) is 8.25. The van der Waals surface area contributed by atoms with Gasteiger partial charge >= 0.3 is 0 Å². The lowest BCUT2D eigenvalue weighted by molar-refractivity contribution is -0.0249. The Morgan fingerprint density at radius 1 is 0.444 bits per heavy atom. The third kappa shape index (κ3) is 26.8. The van der Waals surface area contributed by atoms with E-state index in [-0.39, 0.29) is 6.10 Å². The molecule has 6 aliphatic rings. The summed E-state index contributed by atoms with van der Waals surface area (Å²) >= 11 is 21.6. The molecule has 0 aromatic heterocycles. The van der Waals surface area contributed by atoms with Gasteiger partial charge in [0.1, 0.15) is 13.2 Å². The highest BCUT2D eigenvalue weighted by Crippen LogP contribution is 2.32. The molecular weight excluding hydrogens is 1070 g/mol. The van der Waals surface area contributed by atoms with Gasteiger partial charge in [0.2, 0.25) is 0 Å². The van der Waals surface area contributed by atoms with Crippen LogP contribution in [0.3, 0.4) is 0 Å². The predicted molar refractivity (Wildman–Crippen MR) is 333 cm³/mol. The number of rotatable bonds is 4. The van der Waals surface area contributed by atoms with Crippen molar-refractivity contribution in [2.45, 2.75) is 12.5 Å². The number of aliphatic imine (C=N–C) groups is 1. The average molecular weight is 1150 g/mol. The monoisotopic (exact) mass is 1150 g/mol. The van der Waals surface area contributed by atoms with Crippen LogP contribution in [0.2, 0.25) is 0 Å². The van der Waals surface area contributed by atoms with E-state index < -0.39 is 0 Å². The highest BCUT2D eigenvalue weighted by Gasteiger charge is 2.16. The van der Waals surface area contributed by atoms with Crippen molar-refractivity contribution in [2.75, 3.05) is 204 Å². The molecule has 0 amide bonds. The third-order valence-corrected chi connectivity index (χ3v) is 21.3. The second kappa shape index (κ2) is 39.9. The Balaban J connectivity index is 0.000000239. The van der Waals surface area contributed by atoms with Crippen LogP contribution in [0.25, 0.3) is 11.1 Å². The first-order valence-electron chi connectivity index (χ1n) is 26.0. The van der Waals surface area contributed by atoms with E-state index >= 15 is 0 Å². The highest BCUT2D eigenvalue weighted by molar-refractivity contribution is 8.04. The van der Waals surface area contributed by atoms with Crippen molar-refractivity contribution < 1.29 is 18.9 Å². The first kappa shape index (κ1) is 60.8. The van der Waals surface area contributed by atoms with E-state index in [1.807, 2.05) is 18.2 Å². The number of hydrogen-bond donors (Lipinski definition) is 0. The maximum absolute atomic E-state index is 6.53. The number of hydrogen-bond acceptors (Lipinski definition) is 18. The van der Waals surface area contributed by atoms with Crippen LogP contribution in [0, 0.1) is 0 Å². The average Bonchev–Trinajstić information content (AvgIpc) is 3.39. The van der Waals surface area contributed by atoms with E-state index in [1.165, 1.54) is 109 Å². The van der Waals surface area contributed by atoms with Gasteiger partial charge in [-0.2, -0.15) is 99.1 Å². The minimum absolute atomic E-state index is 0.0792. The van der Waals surface area contributed by atoms with Gasteiger partial charge < -0.3 is 18.9 Å². The minimum Gasteiger partial charge on any atom is -0.488 e. The van der Waals surface area contributed by atoms with Crippen molar-refractivity contribution in [1.29, 1.82) is 0 Å². The molecule has 0 aliphatic carbocycles. The van der Waals surface area contributed by atoms with E-state index in [2.05, 4.69) is 178 Å². The van der Waals surface area contributed by atoms with Gasteiger partial charge in [-0.25, -0.2) is 0 Å². The molecular formula is C54H81N5O4S9. The highest BCUT2D eigenvalue weighted by atomic mass is 32.2. The summed E-state index contributed by atoms with van der Waals surface area (Å²) in [5.74, 6) is 21.1. The molecule has 6 heterocycles. The Labute approximate surface area is 473 Å². The van der Waals surface area contributed by atoms with Gasteiger partial charge in [0, 0.05) is 183 Å². The van der Waals surface area contributed by atoms with Gasteiger partial charge in [0.25, 0.3) is 0 Å². The number of benzene rings is 3. The summed E-state index contributed by atoms with van der Waals surface area (Å²) in [4.78, 5) is 14.5. The van der Waals surface area contributed by atoms with Gasteiger partial charge in [-0.1, -0.05) is 54.6 Å². The summed E-state index contributed by atoms with van der Waals surface area (Å²) in [5.41, 5.74) is 4.58. The van der Waals surface area contributed by atoms with Crippen molar-refractivity contribution in [1.82, 2.24) is 19.6 Å². The molecule has 72 heavy (non-hydrogen) atoms. The molecule has 6 aliphatic heterocycles. The zero-order chi connectivity index (χ0) is 49.8. The summed E-state index contributed by atoms with van der Waals surface area (Å²) in [6.45, 7) is 16.4. The minimum atomic E-state index is 0.0792. The summed E-state index contributed by atoms with van der Waals surface area (Å²) < 4.78 is 25.2. The lowest BCUT2D eigenvalue weighted by atomic mass is 10.0. The van der Waals surface area contributed by atoms with Crippen LogP contribution in [-0.4, -0.2) is 234 Å². The molecule has 3 aromatic rings. The first-order valence-corrected chi connectivity index (χ1v) is 35.7. The Morgan fingerprint density at radius 2 is 0.861 bits per heavy atom. The van der Waals surface area contributed by atoms with Gasteiger partial charge in [-0.05, 0) is 41.0 Å². The number of thiocarbonyl (C=S) groups is 1. The number of thioether (sulfide) groups is 8. The molecule has 0 spiro atoms. The van der Waals surface area contributed by atoms with E-state index in [9.17, 15) is 0 Å². The molecule has 1 atom stereocenters. The molecule has 0 saturated carbocycles. The topological polar surface area (TPSA) is 62.2 Å². The lowest BCUT2D eigenvalue weighted by Crippen LogP contribution is -2.35. The van der Waals surface area contributed by atoms with Gasteiger partial charge in [0.05, 0.1) is 36.8 Å². The quantitative estimate of drug-likeness (QED) is 0.184. The van der Waals surface area contributed by atoms with Crippen molar-refractivity contribution in [3.05, 3.63) is 78.4 Å². The molecule has 4 saturated heterocycles. The van der Waals surface area contributed by atoms with Crippen LogP contribution < -0.4 is 9.47 Å². The predicted octanol–water partition coefficient (Wildman–Crippen LogP) is 10.6. The zero-order valence-electron chi connectivity index (χ0n) is 42.6. The normalized spacial score (nSPS) is 25.5. The summed E-state index contributed by atoms with van der Waals surface area (Å²) in [6.07, 6.45) is 0.966. The Kier molecular flexibility index (Phi) is 33.7. The molecule has 4 fully saturated rings. The van der Waals surface area contributed by atoms with Crippen LogP contribution in [-0.2, 0) is 15.9 Å². The van der Waals surface area contributed by atoms with Crippen LogP contribution in [0.15, 0.2) is 77.8 Å². The molecule has 400 valence electrons. The maximum Gasteiger partial charge on any atom is 0.163 e. The third-order valence-electron chi connectivity index (χ3n) is 12.5. The van der Waals surface area contributed by atoms with Crippen LogP contribution in [0.1, 0.15) is 5.56 Å². The van der Waals surface area contributed by atoms with Gasteiger partial charge in [-0.15, -0.1) is 0 Å². The molecule has 3 aromatic carbocycles. The lowest BCUT2D eigenvalue weighted by Gasteiger charge is -2.26. The van der Waals surface area contributed by atoms with Crippen LogP contribution >= 0.6 is 106 Å². The van der Waals surface area contributed by atoms with Crippen molar-refractivity contribution in [3.63, 3.8) is 0 Å². The second-order valence-electron chi connectivity index (χ2n) is 17.6. The summed E-state index contributed by atoms with van der Waals surface area (Å²) in [5, 5.41) is 2.45. The smallest absolute Gasteiger partial charge is 0.163 e. The molecule has 9 rings (SSSR count). The first-order chi connectivity index (χ1) is 35.7. The fraction of sp³-hybridized carbons (Fsp3) is 0.648. The number of ether oxygens (including phenoxy) is 4. The second-order valence-corrected chi connectivity index (χ2v) is 27.6. The van der Waals surface area contributed by atoms with Crippen molar-refractivity contribution in [2.24, 2.45) is 4.99 Å². The SMILES string of the molecule is S=C=Nc1ccc2c(c1)OCCN1CCSCCSCCN(CCO2)CCSCCSCC1.c1ccc(-c2ccc(CC3COCCN4CCSCCSCCN(CCO3)CCSCCSCC4)cc2)cc1. The van der Waals surface area contributed by atoms with Crippen molar-refractivity contribution in [3.8, 4) is 22.6 Å². The Morgan fingerprint density at radius 3 is 1.32 bits per heavy atom. The van der Waals surface area contributed by atoms with Gasteiger partial charge in [-0.3, -0.25) is 19.6 Å². The zero-order valence-corrected chi connectivity index (χ0v) is 49.9. The van der Waals surface area contributed by atoms with E-state index in [1.54, 1.807) is 0 Å². The Hall–Kier alpha value is -0.380. The van der Waals surface area contributed by atoms with Gasteiger partial charge in [0.15, 0.2) is 11.5 Å². The molecule has 18 heteroatoms. The largest absolute Gasteiger partial charge is 0.488 e. The maximum atomic E-state index is 6.53. The summed E-state index contributed by atoms with van der Waals surface area (Å²) in [6, 6.07) is 25.4. The molecule has 9 nitrogen and oxygen atoms in total. The summed E-state index contributed by atoms with van der Waals surface area (Å²) in [7, 11) is 0. The molecule has 0 N–H and O–H groups in total. The van der Waals surface area contributed by atoms with E-state index in [4.69, 9.17) is 31.2 Å². The van der Waals surface area contributed by atoms with E-state index in [0.717, 1.165) is 115 Å². The van der Waals surface area contributed by atoms with Crippen molar-refractivity contribution >= 4 is 117 Å². The van der Waals surface area contributed by atoms with Crippen LogP contribution in [0.5, 0.6) is 11.5 Å². The molecule has 0 radical (unpaired) electrons. The Bertz CT molecular complexity index is 1850. The number of isothiocyanates is 1. The van der Waals surface area contributed by atoms with E-state index in [0.29, 0.717) is 19.8 Å².